The minimum atomic E-state index is -1.04. The molecule has 0 radical (unpaired) electrons. The monoisotopic (exact) mass is 442 g/mol. The van der Waals surface area contributed by atoms with E-state index in [1.807, 2.05) is 19.1 Å². The molecule has 1 fully saturated rings. The van der Waals surface area contributed by atoms with Gasteiger partial charge < -0.3 is 15.4 Å². The van der Waals surface area contributed by atoms with Gasteiger partial charge in [-0.2, -0.15) is 4.98 Å². The van der Waals surface area contributed by atoms with Gasteiger partial charge in [0.05, 0.1) is 5.69 Å². The molecule has 1 aromatic heterocycles. The summed E-state index contributed by atoms with van der Waals surface area (Å²) in [5.41, 5.74) is 5.64. The van der Waals surface area contributed by atoms with Gasteiger partial charge in [0.1, 0.15) is 17.5 Å². The van der Waals surface area contributed by atoms with Crippen molar-refractivity contribution in [2.45, 2.75) is 51.2 Å². The van der Waals surface area contributed by atoms with E-state index in [1.54, 1.807) is 48.0 Å². The van der Waals surface area contributed by atoms with Crippen molar-refractivity contribution in [2.24, 2.45) is 11.7 Å². The molecule has 164 valence electrons. The molecule has 2 atom stereocenters. The standard InChI is InChI=1S/C23H27ClN4O3/c1-14(20(25)29)27(3)19-12-11-18-21(26-19)31-23(2,15-7-4-5-8-15)22(30)28(18)17-10-6-9-16(24)13-17/h6,9-15H,4-5,7-8H2,1-3H3,(H2,25,29). The molecule has 7 nitrogen and oxygen atoms in total. The van der Waals surface area contributed by atoms with Crippen LogP contribution in [0.5, 0.6) is 5.88 Å². The minimum Gasteiger partial charge on any atom is -0.459 e. The fourth-order valence-electron chi connectivity index (χ4n) is 4.44. The first kappa shape index (κ1) is 21.4. The lowest BCUT2D eigenvalue weighted by molar-refractivity contribution is -0.138. The Morgan fingerprint density at radius 3 is 2.68 bits per heavy atom. The van der Waals surface area contributed by atoms with Gasteiger partial charge in [-0.1, -0.05) is 30.5 Å². The molecular formula is C23H27ClN4O3. The fraction of sp³-hybridized carbons (Fsp3) is 0.435. The van der Waals surface area contributed by atoms with Crippen LogP contribution < -0.4 is 20.3 Å². The fourth-order valence-corrected chi connectivity index (χ4v) is 4.62. The summed E-state index contributed by atoms with van der Waals surface area (Å²) in [6.45, 7) is 3.57. The number of anilines is 3. The van der Waals surface area contributed by atoms with E-state index in [4.69, 9.17) is 22.1 Å². The smallest absolute Gasteiger partial charge is 0.275 e. The van der Waals surface area contributed by atoms with Gasteiger partial charge in [-0.25, -0.2) is 0 Å². The van der Waals surface area contributed by atoms with Crippen LogP contribution in [0.3, 0.4) is 0 Å². The highest BCUT2D eigenvalue weighted by molar-refractivity contribution is 6.31. The Balaban J connectivity index is 1.83. The second kappa shape index (κ2) is 8.04. The number of rotatable bonds is 5. The van der Waals surface area contributed by atoms with Gasteiger partial charge >= 0.3 is 0 Å². The van der Waals surface area contributed by atoms with E-state index in [2.05, 4.69) is 4.98 Å². The zero-order valence-electron chi connectivity index (χ0n) is 18.0. The van der Waals surface area contributed by atoms with Crippen LogP contribution in [0.25, 0.3) is 0 Å². The number of carbonyl (C=O) groups excluding carboxylic acids is 2. The Kier molecular flexibility index (Phi) is 5.56. The number of aromatic nitrogens is 1. The number of halogens is 1. The van der Waals surface area contributed by atoms with E-state index in [0.717, 1.165) is 25.7 Å². The van der Waals surface area contributed by atoms with Crippen molar-refractivity contribution in [3.05, 3.63) is 41.4 Å². The maximum atomic E-state index is 13.8. The third-order valence-electron chi connectivity index (χ3n) is 6.56. The summed E-state index contributed by atoms with van der Waals surface area (Å²) in [5, 5.41) is 0.542. The number of pyridine rings is 1. The molecule has 31 heavy (non-hydrogen) atoms. The molecule has 2 N–H and O–H groups in total. The Morgan fingerprint density at radius 1 is 1.32 bits per heavy atom. The minimum absolute atomic E-state index is 0.0996. The predicted octanol–water partition coefficient (Wildman–Crippen LogP) is 4.05. The van der Waals surface area contributed by atoms with Gasteiger partial charge in [0.15, 0.2) is 5.60 Å². The molecule has 8 heteroatoms. The third-order valence-corrected chi connectivity index (χ3v) is 6.79. The first-order chi connectivity index (χ1) is 14.7. The van der Waals surface area contributed by atoms with E-state index in [1.165, 1.54) is 0 Å². The predicted molar refractivity (Wildman–Crippen MR) is 121 cm³/mol. The van der Waals surface area contributed by atoms with Crippen LogP contribution in [0.2, 0.25) is 5.02 Å². The summed E-state index contributed by atoms with van der Waals surface area (Å²) in [7, 11) is 1.75. The molecule has 1 saturated carbocycles. The topological polar surface area (TPSA) is 88.8 Å². The molecule has 2 heterocycles. The summed E-state index contributed by atoms with van der Waals surface area (Å²) in [6.07, 6.45) is 4.01. The van der Waals surface area contributed by atoms with Crippen molar-refractivity contribution in [3.63, 3.8) is 0 Å². The van der Waals surface area contributed by atoms with Crippen molar-refractivity contribution in [1.82, 2.24) is 4.98 Å². The zero-order chi connectivity index (χ0) is 22.3. The number of primary amides is 1. The largest absolute Gasteiger partial charge is 0.459 e. The lowest BCUT2D eigenvalue weighted by atomic mass is 9.85. The highest BCUT2D eigenvalue weighted by Gasteiger charge is 2.51. The van der Waals surface area contributed by atoms with E-state index in [-0.39, 0.29) is 11.8 Å². The third kappa shape index (κ3) is 3.71. The van der Waals surface area contributed by atoms with Gasteiger partial charge in [-0.3, -0.25) is 14.5 Å². The number of nitrogens with zero attached hydrogens (tertiary/aromatic N) is 3. The van der Waals surface area contributed by atoms with Gasteiger partial charge in [-0.05, 0) is 57.0 Å². The van der Waals surface area contributed by atoms with Crippen LogP contribution in [0.1, 0.15) is 39.5 Å². The normalized spacial score (nSPS) is 22.1. The summed E-state index contributed by atoms with van der Waals surface area (Å²) in [5.74, 6) is 0.425. The number of benzene rings is 1. The molecule has 0 spiro atoms. The summed E-state index contributed by atoms with van der Waals surface area (Å²) >= 11 is 6.23. The van der Waals surface area contributed by atoms with Crippen molar-refractivity contribution < 1.29 is 14.3 Å². The quantitative estimate of drug-likeness (QED) is 0.754. The summed E-state index contributed by atoms with van der Waals surface area (Å²) < 4.78 is 6.35. The highest BCUT2D eigenvalue weighted by atomic mass is 35.5. The van der Waals surface area contributed by atoms with Crippen molar-refractivity contribution in [2.75, 3.05) is 16.8 Å². The molecule has 1 aromatic carbocycles. The number of nitrogens with two attached hydrogens (primary N) is 1. The van der Waals surface area contributed by atoms with Crippen LogP contribution in [-0.4, -0.2) is 35.5 Å². The first-order valence-corrected chi connectivity index (χ1v) is 10.9. The molecule has 2 amide bonds. The molecule has 2 aliphatic rings. The van der Waals surface area contributed by atoms with Crippen molar-refractivity contribution in [3.8, 4) is 5.88 Å². The number of likely N-dealkylation sites (N-methyl/N-ethyl adjacent to an activating group) is 1. The summed E-state index contributed by atoms with van der Waals surface area (Å²) in [4.78, 5) is 33.5. The molecular weight excluding hydrogens is 416 g/mol. The maximum Gasteiger partial charge on any atom is 0.275 e. The molecule has 0 saturated heterocycles. The zero-order valence-corrected chi connectivity index (χ0v) is 18.7. The van der Waals surface area contributed by atoms with Gasteiger partial charge in [0, 0.05) is 18.0 Å². The average Bonchev–Trinajstić information content (AvgIpc) is 3.29. The number of carbonyl (C=O) groups is 2. The molecule has 2 unspecified atom stereocenters. The number of hydrogen-bond donors (Lipinski definition) is 1. The second-order valence-corrected chi connectivity index (χ2v) is 8.93. The van der Waals surface area contributed by atoms with Gasteiger partial charge in [-0.15, -0.1) is 0 Å². The second-order valence-electron chi connectivity index (χ2n) is 8.49. The van der Waals surface area contributed by atoms with Crippen LogP contribution in [0.15, 0.2) is 36.4 Å². The van der Waals surface area contributed by atoms with E-state index >= 15 is 0 Å². The maximum absolute atomic E-state index is 13.8. The van der Waals surface area contributed by atoms with Crippen molar-refractivity contribution in [1.29, 1.82) is 0 Å². The van der Waals surface area contributed by atoms with Crippen molar-refractivity contribution >= 4 is 40.6 Å². The summed E-state index contributed by atoms with van der Waals surface area (Å²) in [6, 6.07) is 10.2. The van der Waals surface area contributed by atoms with E-state index < -0.39 is 17.6 Å². The van der Waals surface area contributed by atoms with Crippen LogP contribution in [0.4, 0.5) is 17.2 Å². The van der Waals surface area contributed by atoms with Crippen LogP contribution >= 0.6 is 11.6 Å². The number of fused-ring (bicyclic) bond motifs is 1. The van der Waals surface area contributed by atoms with E-state index in [9.17, 15) is 9.59 Å². The first-order valence-electron chi connectivity index (χ1n) is 10.5. The SMILES string of the molecule is CC(C(N)=O)N(C)c1ccc2c(n1)OC(C)(C1CCCC1)C(=O)N2c1cccc(Cl)c1. The van der Waals surface area contributed by atoms with Gasteiger partial charge in [0.25, 0.3) is 5.91 Å². The Labute approximate surface area is 187 Å². The number of amides is 2. The number of hydrogen-bond acceptors (Lipinski definition) is 5. The average molecular weight is 443 g/mol. The molecule has 4 rings (SSSR count). The van der Waals surface area contributed by atoms with Crippen LogP contribution in [0, 0.1) is 5.92 Å². The Hall–Kier alpha value is -2.80. The molecule has 1 aliphatic carbocycles. The van der Waals surface area contributed by atoms with Crippen LogP contribution in [-0.2, 0) is 9.59 Å². The molecule has 1 aliphatic heterocycles. The number of ether oxygens (including phenoxy) is 1. The molecule has 0 bridgehead atoms. The Bertz CT molecular complexity index is 1020. The lowest BCUT2D eigenvalue weighted by Gasteiger charge is -2.43. The Morgan fingerprint density at radius 2 is 2.03 bits per heavy atom. The lowest BCUT2D eigenvalue weighted by Crippen LogP contribution is -2.56. The van der Waals surface area contributed by atoms with E-state index in [0.29, 0.717) is 28.1 Å². The highest BCUT2D eigenvalue weighted by Crippen LogP contribution is 2.47. The molecule has 2 aromatic rings. The van der Waals surface area contributed by atoms with Gasteiger partial charge in [0.2, 0.25) is 11.8 Å².